The molecule has 0 saturated heterocycles. The Balaban J connectivity index is 1.29. The Labute approximate surface area is 253 Å². The Morgan fingerprint density at radius 2 is 0.977 bits per heavy atom. The highest BCUT2D eigenvalue weighted by molar-refractivity contribution is 5.91. The van der Waals surface area contributed by atoms with E-state index < -0.39 is 0 Å². The molecule has 0 aliphatic carbocycles. The second-order valence-electron chi connectivity index (χ2n) is 10.8. The lowest BCUT2D eigenvalue weighted by Gasteiger charge is -2.26. The van der Waals surface area contributed by atoms with E-state index in [9.17, 15) is 0 Å². The third-order valence-electron chi connectivity index (χ3n) is 7.99. The highest BCUT2D eigenvalue weighted by Gasteiger charge is 2.19. The molecule has 2 aliphatic rings. The van der Waals surface area contributed by atoms with E-state index in [-0.39, 0.29) is 0 Å². The van der Waals surface area contributed by atoms with Gasteiger partial charge in [0.25, 0.3) is 0 Å². The molecule has 0 aromatic heterocycles. The lowest BCUT2D eigenvalue weighted by atomic mass is 9.95. The van der Waals surface area contributed by atoms with Gasteiger partial charge in [0, 0.05) is 42.1 Å². The molecule has 2 heterocycles. The number of anilines is 1. The molecule has 0 spiro atoms. The van der Waals surface area contributed by atoms with Gasteiger partial charge in [-0.25, -0.2) is 0 Å². The summed E-state index contributed by atoms with van der Waals surface area (Å²) in [4.78, 5) is 2.28. The van der Waals surface area contributed by atoms with Crippen molar-refractivity contribution >= 4 is 28.5 Å². The number of rotatable bonds is 6. The van der Waals surface area contributed by atoms with Crippen molar-refractivity contribution in [1.82, 2.24) is 0 Å². The van der Waals surface area contributed by atoms with Crippen LogP contribution in [-0.2, 0) is 0 Å². The molecular formula is C40H33NO2. The predicted octanol–water partition coefficient (Wildman–Crippen LogP) is 9.73. The van der Waals surface area contributed by atoms with Crippen molar-refractivity contribution in [1.29, 1.82) is 0 Å². The van der Waals surface area contributed by atoms with E-state index in [1.165, 1.54) is 27.8 Å². The Kier molecular flexibility index (Phi) is 7.61. The summed E-state index contributed by atoms with van der Waals surface area (Å²) in [6.07, 6.45) is 8.54. The molecule has 0 bridgehead atoms. The molecule has 3 nitrogen and oxygen atoms in total. The van der Waals surface area contributed by atoms with Gasteiger partial charge in [0.2, 0.25) is 0 Å². The van der Waals surface area contributed by atoms with E-state index in [1.807, 2.05) is 12.1 Å². The smallest absolute Gasteiger partial charge is 0.126 e. The second-order valence-corrected chi connectivity index (χ2v) is 10.8. The number of ether oxygens (including phenoxy) is 2. The van der Waals surface area contributed by atoms with Crippen molar-refractivity contribution in [3.63, 3.8) is 0 Å². The van der Waals surface area contributed by atoms with E-state index >= 15 is 0 Å². The third-order valence-corrected chi connectivity index (χ3v) is 7.99. The second kappa shape index (κ2) is 12.3. The van der Waals surface area contributed by atoms with Crippen LogP contribution in [0.3, 0.4) is 0 Å². The summed E-state index contributed by atoms with van der Waals surface area (Å²) < 4.78 is 11.9. The van der Waals surface area contributed by atoms with Crippen LogP contribution < -0.4 is 14.4 Å². The van der Waals surface area contributed by atoms with Gasteiger partial charge in [-0.1, -0.05) is 109 Å². The molecule has 5 aromatic carbocycles. The van der Waals surface area contributed by atoms with Gasteiger partial charge in [-0.3, -0.25) is 0 Å². The lowest BCUT2D eigenvalue weighted by molar-refractivity contribution is 0.316. The topological polar surface area (TPSA) is 21.7 Å². The highest BCUT2D eigenvalue weighted by atomic mass is 16.5. The Bertz CT molecular complexity index is 1690. The van der Waals surface area contributed by atoms with E-state index in [0.29, 0.717) is 13.2 Å². The van der Waals surface area contributed by atoms with Gasteiger partial charge in [0.1, 0.15) is 11.5 Å². The van der Waals surface area contributed by atoms with Gasteiger partial charge in [0.05, 0.1) is 13.2 Å². The van der Waals surface area contributed by atoms with Crippen LogP contribution in [0.5, 0.6) is 11.5 Å². The molecule has 0 N–H and O–H groups in total. The fourth-order valence-electron chi connectivity index (χ4n) is 5.80. The molecule has 7 rings (SSSR count). The molecule has 0 atom stereocenters. The Morgan fingerprint density at radius 1 is 0.512 bits per heavy atom. The van der Waals surface area contributed by atoms with Crippen molar-refractivity contribution in [3.05, 3.63) is 174 Å². The summed E-state index contributed by atoms with van der Waals surface area (Å²) in [5.41, 5.74) is 10.7. The zero-order valence-electron chi connectivity index (χ0n) is 24.0. The molecule has 2 aliphatic heterocycles. The number of benzene rings is 5. The number of hydrogen-bond donors (Lipinski definition) is 0. The van der Waals surface area contributed by atoms with Crippen LogP contribution in [0.2, 0.25) is 0 Å². The average Bonchev–Trinajstić information content (AvgIpc) is 3.08. The van der Waals surface area contributed by atoms with E-state index in [4.69, 9.17) is 9.47 Å². The minimum absolute atomic E-state index is 0.676. The standard InChI is InChI=1S/C40H33NO2/c1-3-11-31(12-4-1)38(32-13-5-2-6-14-32)27-30-19-21-35(22-20-30)41(28-33-23-25-42-39-17-9-7-15-36(33)39)29-34-24-26-43-40-18-10-8-16-37(34)40/h1-22,27-29H,23-26H2/b33-28+,34-29+. The minimum atomic E-state index is 0.676. The summed E-state index contributed by atoms with van der Waals surface area (Å²) >= 11 is 0. The van der Waals surface area contributed by atoms with Gasteiger partial charge < -0.3 is 14.4 Å². The number of hydrogen-bond acceptors (Lipinski definition) is 3. The van der Waals surface area contributed by atoms with Crippen LogP contribution in [-0.4, -0.2) is 13.2 Å². The van der Waals surface area contributed by atoms with Crippen molar-refractivity contribution in [3.8, 4) is 11.5 Å². The first-order chi connectivity index (χ1) is 21.3. The summed E-state index contributed by atoms with van der Waals surface area (Å²) in [7, 11) is 0. The van der Waals surface area contributed by atoms with Gasteiger partial charge in [-0.15, -0.1) is 0 Å². The van der Waals surface area contributed by atoms with Crippen LogP contribution >= 0.6 is 0 Å². The number of fused-ring (bicyclic) bond motifs is 2. The fraction of sp³-hybridized carbons (Fsp3) is 0.100. The highest BCUT2D eigenvalue weighted by Crippen LogP contribution is 2.37. The van der Waals surface area contributed by atoms with Gasteiger partial charge >= 0.3 is 0 Å². The van der Waals surface area contributed by atoms with E-state index in [2.05, 4.69) is 145 Å². The molecule has 3 heteroatoms. The first kappa shape index (κ1) is 26.6. The van der Waals surface area contributed by atoms with E-state index in [1.54, 1.807) is 0 Å². The van der Waals surface area contributed by atoms with Crippen molar-refractivity contribution in [2.24, 2.45) is 0 Å². The summed E-state index contributed by atoms with van der Waals surface area (Å²) in [5.74, 6) is 1.89. The maximum atomic E-state index is 5.97. The molecule has 0 saturated carbocycles. The largest absolute Gasteiger partial charge is 0.493 e. The lowest BCUT2D eigenvalue weighted by Crippen LogP contribution is -2.15. The van der Waals surface area contributed by atoms with Crippen LogP contribution in [0.1, 0.15) is 40.7 Å². The Morgan fingerprint density at radius 3 is 1.49 bits per heavy atom. The molecule has 43 heavy (non-hydrogen) atoms. The molecule has 0 fully saturated rings. The zero-order valence-corrected chi connectivity index (χ0v) is 24.0. The molecular weight excluding hydrogens is 526 g/mol. The summed E-state index contributed by atoms with van der Waals surface area (Å²) in [5, 5.41) is 0. The maximum absolute atomic E-state index is 5.97. The number of para-hydroxylation sites is 2. The van der Waals surface area contributed by atoms with Crippen LogP contribution in [0.4, 0.5) is 5.69 Å². The molecule has 0 amide bonds. The third kappa shape index (κ3) is 5.89. The molecule has 0 radical (unpaired) electrons. The van der Waals surface area contributed by atoms with Gasteiger partial charge in [0.15, 0.2) is 0 Å². The summed E-state index contributed by atoms with van der Waals surface area (Å²) in [6, 6.07) is 46.7. The van der Waals surface area contributed by atoms with Gasteiger partial charge in [-0.05, 0) is 63.8 Å². The maximum Gasteiger partial charge on any atom is 0.126 e. The van der Waals surface area contributed by atoms with Crippen molar-refractivity contribution in [2.45, 2.75) is 12.8 Å². The SMILES string of the molecule is C(=C(c1ccccc1)c1ccccc1)c1ccc(N(/C=C2\CCOc3ccccc32)/C=C2\CCOc3ccccc32)cc1. The van der Waals surface area contributed by atoms with Gasteiger partial charge in [-0.2, -0.15) is 0 Å². The minimum Gasteiger partial charge on any atom is -0.493 e. The number of nitrogens with zero attached hydrogens (tertiary/aromatic N) is 1. The molecule has 5 aromatic rings. The molecule has 0 unspecified atom stereocenters. The normalized spacial score (nSPS) is 15.5. The van der Waals surface area contributed by atoms with Crippen molar-refractivity contribution < 1.29 is 9.47 Å². The van der Waals surface area contributed by atoms with Crippen LogP contribution in [0.15, 0.2) is 146 Å². The van der Waals surface area contributed by atoms with Crippen molar-refractivity contribution in [2.75, 3.05) is 18.1 Å². The van der Waals surface area contributed by atoms with Crippen LogP contribution in [0, 0.1) is 0 Å². The summed E-state index contributed by atoms with van der Waals surface area (Å²) in [6.45, 7) is 1.35. The quantitative estimate of drug-likeness (QED) is 0.193. The predicted molar refractivity (Wildman–Crippen MR) is 178 cm³/mol. The molecule has 210 valence electrons. The van der Waals surface area contributed by atoms with Crippen LogP contribution in [0.25, 0.3) is 22.8 Å². The van der Waals surface area contributed by atoms with E-state index in [0.717, 1.165) is 46.7 Å². The first-order valence-corrected chi connectivity index (χ1v) is 14.9. The Hall–Kier alpha value is -5.28. The monoisotopic (exact) mass is 559 g/mol. The average molecular weight is 560 g/mol. The zero-order chi connectivity index (χ0) is 28.8. The fourth-order valence-corrected chi connectivity index (χ4v) is 5.80. The first-order valence-electron chi connectivity index (χ1n) is 14.9.